The van der Waals surface area contributed by atoms with E-state index < -0.39 is 12.0 Å². The van der Waals surface area contributed by atoms with Crippen LogP contribution in [0.2, 0.25) is 0 Å². The molecule has 0 spiro atoms. The van der Waals surface area contributed by atoms with Gasteiger partial charge >= 0.3 is 12.0 Å². The zero-order chi connectivity index (χ0) is 15.2. The topological polar surface area (TPSA) is 69.6 Å². The Labute approximate surface area is 126 Å². The molecule has 1 saturated heterocycles. The summed E-state index contributed by atoms with van der Waals surface area (Å²) in [5.41, 5.74) is 0. The van der Waals surface area contributed by atoms with Gasteiger partial charge in [-0.3, -0.25) is 0 Å². The van der Waals surface area contributed by atoms with Crippen molar-refractivity contribution in [2.45, 2.75) is 51.5 Å². The van der Waals surface area contributed by atoms with E-state index in [9.17, 15) is 14.7 Å². The first-order valence-corrected chi connectivity index (χ1v) is 8.04. The summed E-state index contributed by atoms with van der Waals surface area (Å²) in [5.74, 6) is 0.0120. The molecular formula is C16H26N2O3. The van der Waals surface area contributed by atoms with E-state index in [1.165, 1.54) is 4.90 Å². The highest BCUT2D eigenvalue weighted by atomic mass is 16.4. The molecule has 2 aliphatic rings. The molecule has 21 heavy (non-hydrogen) atoms. The molecule has 1 fully saturated rings. The van der Waals surface area contributed by atoms with Gasteiger partial charge in [0.15, 0.2) is 0 Å². The normalized spacial score (nSPS) is 29.2. The fourth-order valence-corrected chi connectivity index (χ4v) is 3.26. The summed E-state index contributed by atoms with van der Waals surface area (Å²) in [4.78, 5) is 25.2. The van der Waals surface area contributed by atoms with Crippen LogP contribution in [0.25, 0.3) is 0 Å². The van der Waals surface area contributed by atoms with Crippen LogP contribution in [0.3, 0.4) is 0 Å². The van der Waals surface area contributed by atoms with E-state index in [0.717, 1.165) is 32.1 Å². The van der Waals surface area contributed by atoms with E-state index in [4.69, 9.17) is 0 Å². The minimum absolute atomic E-state index is 0.216. The van der Waals surface area contributed by atoms with Gasteiger partial charge in [0, 0.05) is 13.1 Å². The average molecular weight is 294 g/mol. The maximum atomic E-state index is 12.3. The Balaban J connectivity index is 1.87. The number of carbonyl (C=O) groups excluding carboxylic acids is 1. The Morgan fingerprint density at radius 1 is 1.29 bits per heavy atom. The predicted molar refractivity (Wildman–Crippen MR) is 81.0 cm³/mol. The first-order chi connectivity index (χ1) is 10.1. The fraction of sp³-hybridized carbons (Fsp3) is 0.750. The molecule has 0 aromatic heterocycles. The minimum atomic E-state index is -0.885. The molecule has 1 aliphatic heterocycles. The SMILES string of the molecule is CCC1CCN(C(=O)NCC2CC=CCC2)C(C(=O)O)C1. The van der Waals surface area contributed by atoms with Gasteiger partial charge in [-0.05, 0) is 43.9 Å². The van der Waals surface area contributed by atoms with Crippen LogP contribution in [-0.2, 0) is 4.79 Å². The van der Waals surface area contributed by atoms with E-state index in [0.29, 0.717) is 31.3 Å². The summed E-state index contributed by atoms with van der Waals surface area (Å²) >= 11 is 0. The molecule has 0 bridgehead atoms. The third kappa shape index (κ3) is 4.22. The standard InChI is InChI=1S/C16H26N2O3/c1-2-12-8-9-18(14(10-12)15(19)20)16(21)17-11-13-6-4-3-5-7-13/h3-4,12-14H,2,5-11H2,1H3,(H,17,21)(H,19,20). The van der Waals surface area contributed by atoms with Crippen LogP contribution in [0.5, 0.6) is 0 Å². The number of carboxylic acids is 1. The maximum Gasteiger partial charge on any atom is 0.326 e. The smallest absolute Gasteiger partial charge is 0.326 e. The summed E-state index contributed by atoms with van der Waals surface area (Å²) in [6.45, 7) is 3.27. The van der Waals surface area contributed by atoms with Crippen LogP contribution in [0.1, 0.15) is 45.4 Å². The van der Waals surface area contributed by atoms with Crippen LogP contribution < -0.4 is 5.32 Å². The van der Waals surface area contributed by atoms with Crippen molar-refractivity contribution in [1.29, 1.82) is 0 Å². The number of piperidine rings is 1. The Morgan fingerprint density at radius 2 is 2.10 bits per heavy atom. The Hall–Kier alpha value is -1.52. The number of hydrogen-bond donors (Lipinski definition) is 2. The quantitative estimate of drug-likeness (QED) is 0.783. The molecule has 3 atom stereocenters. The summed E-state index contributed by atoms with van der Waals surface area (Å²) in [6, 6.07) is -0.888. The summed E-state index contributed by atoms with van der Waals surface area (Å²) in [7, 11) is 0. The highest BCUT2D eigenvalue weighted by Gasteiger charge is 2.35. The fourth-order valence-electron chi connectivity index (χ4n) is 3.26. The Kier molecular flexibility index (Phi) is 5.65. The second-order valence-corrected chi connectivity index (χ2v) is 6.18. The highest BCUT2D eigenvalue weighted by molar-refractivity contribution is 5.82. The minimum Gasteiger partial charge on any atom is -0.480 e. The largest absolute Gasteiger partial charge is 0.480 e. The zero-order valence-electron chi connectivity index (χ0n) is 12.8. The number of aliphatic carboxylic acids is 1. The second kappa shape index (κ2) is 7.48. The lowest BCUT2D eigenvalue weighted by molar-refractivity contribution is -0.144. The number of urea groups is 1. The summed E-state index contributed by atoms with van der Waals surface area (Å²) in [6.07, 6.45) is 9.96. The molecule has 2 N–H and O–H groups in total. The first-order valence-electron chi connectivity index (χ1n) is 8.04. The number of nitrogens with zero attached hydrogens (tertiary/aromatic N) is 1. The van der Waals surface area contributed by atoms with Gasteiger partial charge in [0.1, 0.15) is 6.04 Å². The number of carboxylic acid groups (broad SMARTS) is 1. The van der Waals surface area contributed by atoms with Gasteiger partial charge in [-0.25, -0.2) is 9.59 Å². The number of amides is 2. The van der Waals surface area contributed by atoms with Crippen LogP contribution in [0.4, 0.5) is 4.79 Å². The number of carbonyl (C=O) groups is 2. The van der Waals surface area contributed by atoms with Gasteiger partial charge in [0.2, 0.25) is 0 Å². The third-order valence-electron chi connectivity index (χ3n) is 4.75. The van der Waals surface area contributed by atoms with Crippen molar-refractivity contribution in [3.8, 4) is 0 Å². The molecule has 118 valence electrons. The molecule has 5 nitrogen and oxygen atoms in total. The Morgan fingerprint density at radius 3 is 2.71 bits per heavy atom. The van der Waals surface area contributed by atoms with Crippen molar-refractivity contribution in [3.63, 3.8) is 0 Å². The van der Waals surface area contributed by atoms with E-state index in [1.807, 2.05) is 0 Å². The Bertz CT molecular complexity index is 408. The monoisotopic (exact) mass is 294 g/mol. The van der Waals surface area contributed by atoms with Gasteiger partial charge < -0.3 is 15.3 Å². The second-order valence-electron chi connectivity index (χ2n) is 6.18. The van der Waals surface area contributed by atoms with E-state index in [-0.39, 0.29) is 6.03 Å². The lowest BCUT2D eigenvalue weighted by Crippen LogP contribution is -2.54. The molecule has 0 radical (unpaired) electrons. The van der Waals surface area contributed by atoms with Crippen molar-refractivity contribution in [3.05, 3.63) is 12.2 Å². The van der Waals surface area contributed by atoms with Gasteiger partial charge in [0.05, 0.1) is 0 Å². The van der Waals surface area contributed by atoms with E-state index >= 15 is 0 Å². The molecule has 3 unspecified atom stereocenters. The number of rotatable bonds is 4. The van der Waals surface area contributed by atoms with Crippen molar-refractivity contribution >= 4 is 12.0 Å². The van der Waals surface area contributed by atoms with E-state index in [2.05, 4.69) is 24.4 Å². The number of allylic oxidation sites excluding steroid dienone is 2. The van der Waals surface area contributed by atoms with Gasteiger partial charge in [-0.15, -0.1) is 0 Å². The maximum absolute atomic E-state index is 12.3. The number of likely N-dealkylation sites (tertiary alicyclic amines) is 1. The summed E-state index contributed by atoms with van der Waals surface area (Å²) in [5, 5.41) is 12.3. The number of nitrogens with one attached hydrogen (secondary N) is 1. The van der Waals surface area contributed by atoms with Gasteiger partial charge in [-0.1, -0.05) is 25.5 Å². The average Bonchev–Trinajstić information content (AvgIpc) is 2.52. The molecule has 1 aliphatic carbocycles. The van der Waals surface area contributed by atoms with Crippen molar-refractivity contribution in [1.82, 2.24) is 10.2 Å². The van der Waals surface area contributed by atoms with E-state index in [1.54, 1.807) is 0 Å². The molecule has 0 aromatic rings. The van der Waals surface area contributed by atoms with Gasteiger partial charge in [-0.2, -0.15) is 0 Å². The molecule has 0 aromatic carbocycles. The van der Waals surface area contributed by atoms with Crippen molar-refractivity contribution in [2.75, 3.05) is 13.1 Å². The van der Waals surface area contributed by atoms with Crippen molar-refractivity contribution in [2.24, 2.45) is 11.8 Å². The molecular weight excluding hydrogens is 268 g/mol. The molecule has 1 heterocycles. The third-order valence-corrected chi connectivity index (χ3v) is 4.75. The molecule has 0 saturated carbocycles. The number of hydrogen-bond acceptors (Lipinski definition) is 2. The van der Waals surface area contributed by atoms with Crippen LogP contribution >= 0.6 is 0 Å². The van der Waals surface area contributed by atoms with Crippen molar-refractivity contribution < 1.29 is 14.7 Å². The van der Waals surface area contributed by atoms with Crippen LogP contribution in [0.15, 0.2) is 12.2 Å². The first kappa shape index (κ1) is 15.9. The highest BCUT2D eigenvalue weighted by Crippen LogP contribution is 2.25. The van der Waals surface area contributed by atoms with Crippen LogP contribution in [-0.4, -0.2) is 41.1 Å². The lowest BCUT2D eigenvalue weighted by Gasteiger charge is -2.37. The summed E-state index contributed by atoms with van der Waals surface area (Å²) < 4.78 is 0. The molecule has 2 rings (SSSR count). The molecule has 2 amide bonds. The van der Waals surface area contributed by atoms with Gasteiger partial charge in [0.25, 0.3) is 0 Å². The predicted octanol–water partition coefficient (Wildman–Crippen LogP) is 2.63. The lowest BCUT2D eigenvalue weighted by atomic mass is 9.89. The zero-order valence-corrected chi connectivity index (χ0v) is 12.8. The molecule has 5 heteroatoms. The van der Waals surface area contributed by atoms with Crippen LogP contribution in [0, 0.1) is 11.8 Å².